The highest BCUT2D eigenvalue weighted by molar-refractivity contribution is 6.21. The topological polar surface area (TPSA) is 29.1 Å². The van der Waals surface area contributed by atoms with Gasteiger partial charge in [-0.25, -0.2) is 0 Å². The van der Waals surface area contributed by atoms with E-state index in [2.05, 4.69) is 5.32 Å². The second-order valence-electron chi connectivity index (χ2n) is 4.80. The van der Waals surface area contributed by atoms with Gasteiger partial charge < -0.3 is 5.32 Å². The van der Waals surface area contributed by atoms with Gasteiger partial charge in [-0.3, -0.25) is 4.79 Å². The molecule has 0 radical (unpaired) electrons. The van der Waals surface area contributed by atoms with Crippen molar-refractivity contribution in [2.24, 2.45) is 11.3 Å². The molecule has 0 aromatic heterocycles. The van der Waals surface area contributed by atoms with Crippen molar-refractivity contribution in [3.63, 3.8) is 0 Å². The number of carbonyl (C=O) groups excluding carboxylic acids is 1. The summed E-state index contributed by atoms with van der Waals surface area (Å²) in [6.45, 7) is 6.57. The standard InChI is InChI=1S/C11H20ClNO/c1-4-11(2,3)10(14)13-7-9(12)8-5-6-8/h8-9H,4-7H2,1-3H3,(H,13,14). The van der Waals surface area contributed by atoms with Crippen molar-refractivity contribution in [1.82, 2.24) is 5.32 Å². The van der Waals surface area contributed by atoms with E-state index in [1.807, 2.05) is 20.8 Å². The van der Waals surface area contributed by atoms with Crippen LogP contribution in [-0.2, 0) is 4.79 Å². The third kappa shape index (κ3) is 3.16. The molecule has 1 saturated carbocycles. The lowest BCUT2D eigenvalue weighted by atomic mass is 9.89. The molecule has 1 rings (SSSR count). The van der Waals surface area contributed by atoms with Crippen LogP contribution in [0.2, 0.25) is 0 Å². The number of hydrogen-bond acceptors (Lipinski definition) is 1. The second-order valence-corrected chi connectivity index (χ2v) is 5.36. The minimum Gasteiger partial charge on any atom is -0.354 e. The Hall–Kier alpha value is -0.240. The predicted octanol–water partition coefficient (Wildman–Crippen LogP) is 2.56. The first-order chi connectivity index (χ1) is 6.47. The molecule has 14 heavy (non-hydrogen) atoms. The zero-order chi connectivity index (χ0) is 10.8. The van der Waals surface area contributed by atoms with Gasteiger partial charge in [0, 0.05) is 12.0 Å². The summed E-state index contributed by atoms with van der Waals surface area (Å²) in [6, 6.07) is 0. The summed E-state index contributed by atoms with van der Waals surface area (Å²) in [5.74, 6) is 0.757. The highest BCUT2D eigenvalue weighted by atomic mass is 35.5. The third-order valence-electron chi connectivity index (χ3n) is 3.09. The van der Waals surface area contributed by atoms with E-state index in [9.17, 15) is 4.79 Å². The van der Waals surface area contributed by atoms with Crippen LogP contribution < -0.4 is 5.32 Å². The van der Waals surface area contributed by atoms with E-state index in [4.69, 9.17) is 11.6 Å². The fourth-order valence-electron chi connectivity index (χ4n) is 1.21. The summed E-state index contributed by atoms with van der Waals surface area (Å²) in [7, 11) is 0. The maximum atomic E-state index is 11.7. The molecule has 0 spiro atoms. The average Bonchev–Trinajstić information content (AvgIpc) is 2.96. The normalized spacial score (nSPS) is 19.1. The van der Waals surface area contributed by atoms with Gasteiger partial charge in [-0.2, -0.15) is 0 Å². The smallest absolute Gasteiger partial charge is 0.225 e. The van der Waals surface area contributed by atoms with Crippen LogP contribution in [0.25, 0.3) is 0 Å². The molecule has 1 N–H and O–H groups in total. The van der Waals surface area contributed by atoms with Gasteiger partial charge in [-0.05, 0) is 25.2 Å². The monoisotopic (exact) mass is 217 g/mol. The lowest BCUT2D eigenvalue weighted by Gasteiger charge is -2.22. The van der Waals surface area contributed by atoms with E-state index >= 15 is 0 Å². The number of rotatable bonds is 5. The summed E-state index contributed by atoms with van der Waals surface area (Å²) in [5, 5.41) is 3.06. The fourth-order valence-corrected chi connectivity index (χ4v) is 1.54. The lowest BCUT2D eigenvalue weighted by molar-refractivity contribution is -0.129. The molecule has 1 atom stereocenters. The molecule has 0 aromatic rings. The zero-order valence-corrected chi connectivity index (χ0v) is 10.0. The van der Waals surface area contributed by atoms with E-state index in [0.29, 0.717) is 12.5 Å². The molecule has 3 heteroatoms. The van der Waals surface area contributed by atoms with E-state index in [1.54, 1.807) is 0 Å². The quantitative estimate of drug-likeness (QED) is 0.705. The molecule has 1 fully saturated rings. The molecule has 2 nitrogen and oxygen atoms in total. The maximum absolute atomic E-state index is 11.7. The minimum absolute atomic E-state index is 0.117. The highest BCUT2D eigenvalue weighted by Gasteiger charge is 2.31. The molecule has 0 aromatic carbocycles. The van der Waals surface area contributed by atoms with Crippen molar-refractivity contribution in [2.75, 3.05) is 6.54 Å². The minimum atomic E-state index is -0.264. The van der Waals surface area contributed by atoms with Crippen LogP contribution in [-0.4, -0.2) is 17.8 Å². The Morgan fingerprint density at radius 3 is 2.57 bits per heavy atom. The molecule has 1 amide bonds. The molecule has 0 aliphatic heterocycles. The van der Waals surface area contributed by atoms with Gasteiger partial charge in [0.1, 0.15) is 0 Å². The van der Waals surface area contributed by atoms with Crippen molar-refractivity contribution >= 4 is 17.5 Å². The van der Waals surface area contributed by atoms with Crippen LogP contribution in [0.4, 0.5) is 0 Å². The summed E-state index contributed by atoms with van der Waals surface area (Å²) < 4.78 is 0. The van der Waals surface area contributed by atoms with E-state index < -0.39 is 0 Å². The number of carbonyl (C=O) groups is 1. The Labute approximate surface area is 91.4 Å². The number of alkyl halides is 1. The Balaban J connectivity index is 2.26. The van der Waals surface area contributed by atoms with Crippen molar-refractivity contribution in [2.45, 2.75) is 45.4 Å². The first kappa shape index (κ1) is 11.8. The maximum Gasteiger partial charge on any atom is 0.225 e. The van der Waals surface area contributed by atoms with Gasteiger partial charge in [0.2, 0.25) is 5.91 Å². The second kappa shape index (κ2) is 4.52. The van der Waals surface area contributed by atoms with Crippen LogP contribution >= 0.6 is 11.6 Å². The third-order valence-corrected chi connectivity index (χ3v) is 3.60. The van der Waals surface area contributed by atoms with Gasteiger partial charge in [-0.15, -0.1) is 11.6 Å². The van der Waals surface area contributed by atoms with Crippen LogP contribution in [0.1, 0.15) is 40.0 Å². The van der Waals surface area contributed by atoms with Gasteiger partial charge in [0.15, 0.2) is 0 Å². The number of hydrogen-bond donors (Lipinski definition) is 1. The van der Waals surface area contributed by atoms with E-state index in [0.717, 1.165) is 6.42 Å². The number of amides is 1. The van der Waals surface area contributed by atoms with Gasteiger partial charge in [-0.1, -0.05) is 20.8 Å². The summed E-state index contributed by atoms with van der Waals surface area (Å²) in [4.78, 5) is 11.7. The Morgan fingerprint density at radius 1 is 1.57 bits per heavy atom. The summed E-state index contributed by atoms with van der Waals surface area (Å²) in [5.41, 5.74) is -0.264. The van der Waals surface area contributed by atoms with Crippen molar-refractivity contribution in [3.05, 3.63) is 0 Å². The van der Waals surface area contributed by atoms with Crippen LogP contribution in [0, 0.1) is 11.3 Å². The molecular weight excluding hydrogens is 198 g/mol. The molecule has 0 heterocycles. The van der Waals surface area contributed by atoms with E-state index in [-0.39, 0.29) is 16.7 Å². The molecule has 1 aliphatic rings. The number of halogens is 1. The van der Waals surface area contributed by atoms with Gasteiger partial charge in [0.25, 0.3) is 0 Å². The Morgan fingerprint density at radius 2 is 2.14 bits per heavy atom. The zero-order valence-electron chi connectivity index (χ0n) is 9.27. The van der Waals surface area contributed by atoms with E-state index in [1.165, 1.54) is 12.8 Å². The van der Waals surface area contributed by atoms with Gasteiger partial charge in [0.05, 0.1) is 5.38 Å². The lowest BCUT2D eigenvalue weighted by Crippen LogP contribution is -2.39. The number of nitrogens with one attached hydrogen (secondary N) is 1. The molecule has 1 unspecified atom stereocenters. The summed E-state index contributed by atoms with van der Waals surface area (Å²) >= 11 is 6.10. The first-order valence-corrected chi connectivity index (χ1v) is 5.83. The largest absolute Gasteiger partial charge is 0.354 e. The molecule has 1 aliphatic carbocycles. The fraction of sp³-hybridized carbons (Fsp3) is 0.909. The SMILES string of the molecule is CCC(C)(C)C(=O)NCC(Cl)C1CC1. The Bertz CT molecular complexity index is 211. The van der Waals surface area contributed by atoms with Crippen LogP contribution in [0.5, 0.6) is 0 Å². The highest BCUT2D eigenvalue weighted by Crippen LogP contribution is 2.35. The van der Waals surface area contributed by atoms with Gasteiger partial charge >= 0.3 is 0 Å². The Kier molecular flexibility index (Phi) is 3.82. The average molecular weight is 218 g/mol. The van der Waals surface area contributed by atoms with Crippen LogP contribution in [0.3, 0.4) is 0 Å². The van der Waals surface area contributed by atoms with Crippen molar-refractivity contribution in [1.29, 1.82) is 0 Å². The summed E-state index contributed by atoms with van der Waals surface area (Å²) in [6.07, 6.45) is 3.30. The molecule has 0 bridgehead atoms. The van der Waals surface area contributed by atoms with Crippen LogP contribution in [0.15, 0.2) is 0 Å². The molecule has 0 saturated heterocycles. The van der Waals surface area contributed by atoms with Crippen molar-refractivity contribution in [3.8, 4) is 0 Å². The first-order valence-electron chi connectivity index (χ1n) is 5.39. The van der Waals surface area contributed by atoms with Crippen molar-refractivity contribution < 1.29 is 4.79 Å². The predicted molar refractivity (Wildman–Crippen MR) is 59.4 cm³/mol. The molecule has 82 valence electrons. The molecular formula is C11H20ClNO.